The van der Waals surface area contributed by atoms with Crippen molar-refractivity contribution >= 4 is 54.2 Å². The second-order valence-corrected chi connectivity index (χ2v) is 7.06. The van der Waals surface area contributed by atoms with Crippen LogP contribution in [0, 0.1) is 0 Å². The van der Waals surface area contributed by atoms with E-state index in [1.807, 2.05) is 49.5 Å². The summed E-state index contributed by atoms with van der Waals surface area (Å²) >= 11 is 3.61. The van der Waals surface area contributed by atoms with E-state index in [4.69, 9.17) is 4.74 Å². The van der Waals surface area contributed by atoms with Gasteiger partial charge in [-0.25, -0.2) is 9.36 Å². The SMILES string of the molecule is COc1ccc2c(c1)n1c(=O)c3ccc(Br)c4cccc(c43)c1[n+]2C. The summed E-state index contributed by atoms with van der Waals surface area (Å²) in [7, 11) is 3.63. The molecule has 5 heteroatoms. The molecule has 0 aliphatic rings. The van der Waals surface area contributed by atoms with Crippen molar-refractivity contribution in [3.8, 4) is 5.75 Å². The first-order valence-corrected chi connectivity index (χ1v) is 8.76. The van der Waals surface area contributed by atoms with Crippen LogP contribution >= 0.6 is 15.9 Å². The summed E-state index contributed by atoms with van der Waals surface area (Å²) in [5, 5.41) is 3.84. The van der Waals surface area contributed by atoms with Crippen LogP contribution in [0.25, 0.3) is 38.2 Å². The summed E-state index contributed by atoms with van der Waals surface area (Å²) in [6.07, 6.45) is 0. The largest absolute Gasteiger partial charge is 0.497 e. The highest BCUT2D eigenvalue weighted by atomic mass is 79.9. The van der Waals surface area contributed by atoms with Crippen molar-refractivity contribution in [3.05, 3.63) is 63.4 Å². The first-order chi connectivity index (χ1) is 12.1. The van der Waals surface area contributed by atoms with Gasteiger partial charge in [0.05, 0.1) is 24.9 Å². The molecule has 0 bridgehead atoms. The zero-order valence-corrected chi connectivity index (χ0v) is 15.3. The fraction of sp³-hybridized carbons (Fsp3) is 0.100. The van der Waals surface area contributed by atoms with Crippen LogP contribution in [0.2, 0.25) is 0 Å². The third-order valence-electron chi connectivity index (χ3n) is 4.98. The fourth-order valence-corrected chi connectivity index (χ4v) is 4.30. The van der Waals surface area contributed by atoms with Crippen molar-refractivity contribution in [3.63, 3.8) is 0 Å². The van der Waals surface area contributed by atoms with Crippen LogP contribution in [0.5, 0.6) is 5.75 Å². The van der Waals surface area contributed by atoms with Crippen LogP contribution < -0.4 is 14.9 Å². The molecule has 122 valence electrons. The average Bonchev–Trinajstić information content (AvgIpc) is 2.93. The molecule has 0 amide bonds. The molecule has 0 unspecified atom stereocenters. The third kappa shape index (κ3) is 1.76. The van der Waals surface area contributed by atoms with E-state index in [2.05, 4.69) is 26.6 Å². The minimum absolute atomic E-state index is 0.00921. The van der Waals surface area contributed by atoms with Gasteiger partial charge in [-0.1, -0.05) is 28.1 Å². The second-order valence-electron chi connectivity index (χ2n) is 6.20. The Bertz CT molecular complexity index is 1370. The van der Waals surface area contributed by atoms with Crippen LogP contribution in [0.3, 0.4) is 0 Å². The third-order valence-corrected chi connectivity index (χ3v) is 5.67. The van der Waals surface area contributed by atoms with Crippen LogP contribution in [0.1, 0.15) is 0 Å². The predicted molar refractivity (Wildman–Crippen MR) is 103 cm³/mol. The summed E-state index contributed by atoms with van der Waals surface area (Å²) in [4.78, 5) is 13.3. The van der Waals surface area contributed by atoms with Gasteiger partial charge in [-0.15, -0.1) is 0 Å². The van der Waals surface area contributed by atoms with Gasteiger partial charge in [0, 0.05) is 15.9 Å². The molecular weight excluding hydrogens is 380 g/mol. The Morgan fingerprint density at radius 2 is 1.84 bits per heavy atom. The Morgan fingerprint density at radius 1 is 1.04 bits per heavy atom. The molecule has 0 radical (unpaired) electrons. The molecular formula is C20H14BrN2O2+. The number of halogens is 1. The first-order valence-electron chi connectivity index (χ1n) is 7.96. The Balaban J connectivity index is 2.19. The number of benzene rings is 3. The lowest BCUT2D eigenvalue weighted by Crippen LogP contribution is -2.29. The van der Waals surface area contributed by atoms with Gasteiger partial charge < -0.3 is 4.74 Å². The predicted octanol–water partition coefficient (Wildman–Crippen LogP) is 3.79. The molecule has 0 aliphatic heterocycles. The molecule has 4 nitrogen and oxygen atoms in total. The van der Waals surface area contributed by atoms with E-state index in [1.165, 1.54) is 0 Å². The summed E-state index contributed by atoms with van der Waals surface area (Å²) in [6, 6.07) is 15.8. The van der Waals surface area contributed by atoms with E-state index in [-0.39, 0.29) is 5.56 Å². The van der Waals surface area contributed by atoms with Gasteiger partial charge in [0.25, 0.3) is 5.65 Å². The number of aryl methyl sites for hydroxylation is 1. The maximum atomic E-state index is 13.3. The van der Waals surface area contributed by atoms with E-state index >= 15 is 0 Å². The Morgan fingerprint density at radius 3 is 2.64 bits per heavy atom. The van der Waals surface area contributed by atoms with Crippen molar-refractivity contribution in [2.75, 3.05) is 7.11 Å². The molecule has 0 aliphatic carbocycles. The summed E-state index contributed by atoms with van der Waals surface area (Å²) in [6.45, 7) is 0. The van der Waals surface area contributed by atoms with Gasteiger partial charge in [-0.2, -0.15) is 4.40 Å². The summed E-state index contributed by atoms with van der Waals surface area (Å²) in [5.41, 5.74) is 2.73. The Hall–Kier alpha value is -2.66. The smallest absolute Gasteiger partial charge is 0.347 e. The van der Waals surface area contributed by atoms with E-state index in [0.717, 1.165) is 48.4 Å². The topological polar surface area (TPSA) is 34.6 Å². The minimum Gasteiger partial charge on any atom is -0.497 e. The molecule has 0 atom stereocenters. The fourth-order valence-electron chi connectivity index (χ4n) is 3.83. The van der Waals surface area contributed by atoms with Crippen molar-refractivity contribution in [1.29, 1.82) is 0 Å². The van der Waals surface area contributed by atoms with Gasteiger partial charge >= 0.3 is 5.56 Å². The average molecular weight is 394 g/mol. The van der Waals surface area contributed by atoms with Crippen molar-refractivity contribution in [1.82, 2.24) is 4.40 Å². The molecule has 0 saturated carbocycles. The van der Waals surface area contributed by atoms with Gasteiger partial charge in [0.15, 0.2) is 11.0 Å². The number of nitrogens with zero attached hydrogens (tertiary/aromatic N) is 2. The van der Waals surface area contributed by atoms with E-state index in [9.17, 15) is 4.79 Å². The Labute approximate surface area is 151 Å². The van der Waals surface area contributed by atoms with E-state index < -0.39 is 0 Å². The number of ether oxygens (including phenoxy) is 1. The molecule has 0 saturated heterocycles. The van der Waals surface area contributed by atoms with E-state index in [0.29, 0.717) is 0 Å². The second kappa shape index (κ2) is 4.92. The molecule has 3 aromatic carbocycles. The van der Waals surface area contributed by atoms with Crippen LogP contribution in [-0.2, 0) is 7.05 Å². The summed E-state index contributed by atoms with van der Waals surface area (Å²) < 4.78 is 10.2. The van der Waals surface area contributed by atoms with Gasteiger partial charge in [-0.05, 0) is 35.7 Å². The monoisotopic (exact) mass is 393 g/mol. The highest BCUT2D eigenvalue weighted by molar-refractivity contribution is 9.10. The number of fused-ring (bicyclic) bond motifs is 4. The number of methoxy groups -OCH3 is 1. The minimum atomic E-state index is -0.00921. The van der Waals surface area contributed by atoms with Gasteiger partial charge in [-0.3, -0.25) is 0 Å². The van der Waals surface area contributed by atoms with Crippen LogP contribution in [0.15, 0.2) is 57.8 Å². The highest BCUT2D eigenvalue weighted by Crippen LogP contribution is 2.33. The molecule has 2 heterocycles. The number of rotatable bonds is 1. The normalized spacial score (nSPS) is 12.0. The van der Waals surface area contributed by atoms with Crippen molar-refractivity contribution in [2.45, 2.75) is 0 Å². The first kappa shape index (κ1) is 14.7. The van der Waals surface area contributed by atoms with Crippen molar-refractivity contribution < 1.29 is 9.30 Å². The maximum Gasteiger partial charge on any atom is 0.347 e. The quantitative estimate of drug-likeness (QED) is 0.406. The molecule has 0 fully saturated rings. The maximum absolute atomic E-state index is 13.3. The lowest BCUT2D eigenvalue weighted by Gasteiger charge is -2.05. The standard InChI is InChI=1S/C20H14BrN2O2/c1-22-16-9-6-11(25-2)10-17(16)23-19(22)13-5-3-4-12-15(21)8-7-14(18(12)13)20(23)24/h3-10H,1-2H3/q+1. The van der Waals surface area contributed by atoms with Crippen LogP contribution in [-0.4, -0.2) is 11.5 Å². The molecule has 5 aromatic rings. The highest BCUT2D eigenvalue weighted by Gasteiger charge is 2.25. The molecule has 5 rings (SSSR count). The number of hydrogen-bond acceptors (Lipinski definition) is 2. The number of imidazole rings is 1. The summed E-state index contributed by atoms with van der Waals surface area (Å²) in [5.74, 6) is 0.737. The lowest BCUT2D eigenvalue weighted by atomic mass is 10.0. The van der Waals surface area contributed by atoms with Crippen molar-refractivity contribution in [2.24, 2.45) is 7.05 Å². The number of aromatic nitrogens is 2. The van der Waals surface area contributed by atoms with Gasteiger partial charge in [0.2, 0.25) is 0 Å². The Kier molecular flexibility index (Phi) is 2.89. The molecule has 25 heavy (non-hydrogen) atoms. The van der Waals surface area contributed by atoms with Crippen LogP contribution in [0.4, 0.5) is 0 Å². The molecule has 2 aromatic heterocycles. The van der Waals surface area contributed by atoms with Gasteiger partial charge in [0.1, 0.15) is 5.75 Å². The number of hydrogen-bond donors (Lipinski definition) is 0. The zero-order valence-electron chi connectivity index (χ0n) is 13.7. The lowest BCUT2D eigenvalue weighted by molar-refractivity contribution is -0.617. The van der Waals surface area contributed by atoms with E-state index in [1.54, 1.807) is 11.5 Å². The molecule has 0 spiro atoms. The molecule has 0 N–H and O–H groups in total. The zero-order chi connectivity index (χ0) is 17.3. The number of pyridine rings is 1.